The van der Waals surface area contributed by atoms with Gasteiger partial charge in [-0.1, -0.05) is 36.4 Å². The Hall–Kier alpha value is -2.66. The van der Waals surface area contributed by atoms with Gasteiger partial charge in [-0.2, -0.15) is 0 Å². The lowest BCUT2D eigenvalue weighted by molar-refractivity contribution is 0.0953. The Morgan fingerprint density at radius 2 is 2.00 bits per heavy atom. The Morgan fingerprint density at radius 1 is 1.16 bits per heavy atom. The third kappa shape index (κ3) is 5.16. The maximum atomic E-state index is 12.3. The number of benzene rings is 2. The molecule has 1 N–H and O–H groups in total. The van der Waals surface area contributed by atoms with Crippen molar-refractivity contribution < 1.29 is 9.53 Å². The van der Waals surface area contributed by atoms with Gasteiger partial charge in [-0.15, -0.1) is 11.3 Å². The summed E-state index contributed by atoms with van der Waals surface area (Å²) in [5.74, 6) is 0.587. The van der Waals surface area contributed by atoms with Crippen LogP contribution >= 0.6 is 11.3 Å². The smallest absolute Gasteiger partial charge is 0.251 e. The number of aromatic nitrogens is 1. The summed E-state index contributed by atoms with van der Waals surface area (Å²) in [6, 6.07) is 17.2. The molecule has 5 heteroatoms. The molecule has 0 atom stereocenters. The van der Waals surface area contributed by atoms with Gasteiger partial charge in [-0.25, -0.2) is 4.98 Å². The molecular formula is C20H20N2O2S. The monoisotopic (exact) mass is 352 g/mol. The molecule has 0 saturated carbocycles. The van der Waals surface area contributed by atoms with Crippen LogP contribution in [0.25, 0.3) is 0 Å². The number of nitrogens with one attached hydrogen (secondary N) is 1. The van der Waals surface area contributed by atoms with E-state index in [1.165, 1.54) is 0 Å². The van der Waals surface area contributed by atoms with Crippen LogP contribution < -0.4 is 10.1 Å². The molecule has 0 aliphatic rings. The first-order valence-corrected chi connectivity index (χ1v) is 9.05. The number of amides is 1. The third-order valence-corrected chi connectivity index (χ3v) is 4.50. The number of rotatable bonds is 7. The first kappa shape index (κ1) is 17.2. The zero-order valence-electron chi connectivity index (χ0n) is 14.1. The van der Waals surface area contributed by atoms with E-state index in [2.05, 4.69) is 10.3 Å². The summed E-state index contributed by atoms with van der Waals surface area (Å²) in [5.41, 5.74) is 2.71. The van der Waals surface area contributed by atoms with E-state index in [0.717, 1.165) is 22.7 Å². The maximum absolute atomic E-state index is 12.3. The number of hydrogen-bond acceptors (Lipinski definition) is 4. The van der Waals surface area contributed by atoms with E-state index in [4.69, 9.17) is 4.74 Å². The minimum Gasteiger partial charge on any atom is -0.489 e. The quantitative estimate of drug-likeness (QED) is 0.699. The lowest BCUT2D eigenvalue weighted by atomic mass is 10.2. The SMILES string of the molecule is Cc1nc(CCNC(=O)c2cccc(OCc3ccccc3)c2)cs1. The van der Waals surface area contributed by atoms with Crippen LogP contribution in [-0.2, 0) is 13.0 Å². The predicted octanol–water partition coefficient (Wildman–Crippen LogP) is 4.00. The fourth-order valence-corrected chi connectivity index (χ4v) is 3.04. The van der Waals surface area contributed by atoms with Gasteiger partial charge in [0.25, 0.3) is 5.91 Å². The first-order chi connectivity index (χ1) is 12.2. The minimum atomic E-state index is -0.0999. The van der Waals surface area contributed by atoms with Gasteiger partial charge >= 0.3 is 0 Å². The van der Waals surface area contributed by atoms with Crippen molar-refractivity contribution in [3.63, 3.8) is 0 Å². The van der Waals surface area contributed by atoms with E-state index in [1.54, 1.807) is 23.5 Å². The highest BCUT2D eigenvalue weighted by atomic mass is 32.1. The van der Waals surface area contributed by atoms with Crippen molar-refractivity contribution in [2.45, 2.75) is 20.0 Å². The second kappa shape index (κ2) is 8.44. The molecule has 1 aromatic heterocycles. The molecule has 0 radical (unpaired) electrons. The zero-order chi connectivity index (χ0) is 17.5. The van der Waals surface area contributed by atoms with E-state index in [-0.39, 0.29) is 5.91 Å². The fraction of sp³-hybridized carbons (Fsp3) is 0.200. The average molecular weight is 352 g/mol. The molecule has 128 valence electrons. The normalized spacial score (nSPS) is 10.4. The van der Waals surface area contributed by atoms with Crippen molar-refractivity contribution in [2.75, 3.05) is 6.54 Å². The number of aryl methyl sites for hydroxylation is 1. The van der Waals surface area contributed by atoms with Gasteiger partial charge in [0.05, 0.1) is 10.7 Å². The van der Waals surface area contributed by atoms with E-state index in [9.17, 15) is 4.79 Å². The summed E-state index contributed by atoms with van der Waals surface area (Å²) in [5, 5.41) is 6.00. The Morgan fingerprint density at radius 3 is 2.76 bits per heavy atom. The van der Waals surface area contributed by atoms with Crippen molar-refractivity contribution in [2.24, 2.45) is 0 Å². The molecule has 0 saturated heterocycles. The number of thiazole rings is 1. The molecule has 1 amide bonds. The summed E-state index contributed by atoms with van der Waals surface area (Å²) in [6.07, 6.45) is 0.736. The van der Waals surface area contributed by atoms with Crippen LogP contribution in [-0.4, -0.2) is 17.4 Å². The summed E-state index contributed by atoms with van der Waals surface area (Å²) in [7, 11) is 0. The predicted molar refractivity (Wildman–Crippen MR) is 100 cm³/mol. The Bertz CT molecular complexity index is 830. The Kier molecular flexibility index (Phi) is 5.80. The van der Waals surface area contributed by atoms with Crippen LogP contribution in [0.15, 0.2) is 60.0 Å². The van der Waals surface area contributed by atoms with Crippen molar-refractivity contribution in [3.8, 4) is 5.75 Å². The third-order valence-electron chi connectivity index (χ3n) is 3.68. The standard InChI is InChI=1S/C20H20N2O2S/c1-15-22-18(14-25-15)10-11-21-20(23)17-8-5-9-19(12-17)24-13-16-6-3-2-4-7-16/h2-9,12,14H,10-11,13H2,1H3,(H,21,23). The highest BCUT2D eigenvalue weighted by Gasteiger charge is 2.07. The van der Waals surface area contributed by atoms with E-state index < -0.39 is 0 Å². The Labute approximate surface area is 151 Å². The van der Waals surface area contributed by atoms with Crippen molar-refractivity contribution >= 4 is 17.2 Å². The molecular weight excluding hydrogens is 332 g/mol. The highest BCUT2D eigenvalue weighted by Crippen LogP contribution is 2.15. The molecule has 0 spiro atoms. The molecule has 0 bridgehead atoms. The van der Waals surface area contributed by atoms with Gasteiger partial charge in [0, 0.05) is 23.9 Å². The number of carbonyl (C=O) groups excluding carboxylic acids is 1. The van der Waals surface area contributed by atoms with Crippen LogP contribution in [0.1, 0.15) is 26.6 Å². The van der Waals surface area contributed by atoms with Crippen LogP contribution in [0.2, 0.25) is 0 Å². The van der Waals surface area contributed by atoms with Crippen LogP contribution in [0, 0.1) is 6.92 Å². The van der Waals surface area contributed by atoms with Gasteiger partial charge in [-0.3, -0.25) is 4.79 Å². The van der Waals surface area contributed by atoms with E-state index in [0.29, 0.717) is 24.5 Å². The molecule has 1 heterocycles. The summed E-state index contributed by atoms with van der Waals surface area (Å²) in [4.78, 5) is 16.7. The molecule has 25 heavy (non-hydrogen) atoms. The minimum absolute atomic E-state index is 0.0999. The largest absolute Gasteiger partial charge is 0.489 e. The number of carbonyl (C=O) groups is 1. The van der Waals surface area contributed by atoms with Gasteiger partial charge in [0.15, 0.2) is 0 Å². The molecule has 0 unspecified atom stereocenters. The number of ether oxygens (including phenoxy) is 1. The molecule has 0 fully saturated rings. The first-order valence-electron chi connectivity index (χ1n) is 8.17. The summed E-state index contributed by atoms with van der Waals surface area (Å²) in [6.45, 7) is 3.03. The second-order valence-corrected chi connectivity index (χ2v) is 6.73. The Balaban J connectivity index is 1.52. The summed E-state index contributed by atoms with van der Waals surface area (Å²) < 4.78 is 5.77. The molecule has 2 aromatic carbocycles. The average Bonchev–Trinajstić information content (AvgIpc) is 3.06. The number of nitrogens with zero attached hydrogens (tertiary/aromatic N) is 1. The topological polar surface area (TPSA) is 51.2 Å². The lowest BCUT2D eigenvalue weighted by Gasteiger charge is -2.09. The molecule has 3 aromatic rings. The second-order valence-electron chi connectivity index (χ2n) is 5.67. The van der Waals surface area contributed by atoms with Crippen molar-refractivity contribution in [1.82, 2.24) is 10.3 Å². The summed E-state index contributed by atoms with van der Waals surface area (Å²) >= 11 is 1.62. The van der Waals surface area contributed by atoms with Crippen molar-refractivity contribution in [1.29, 1.82) is 0 Å². The van der Waals surface area contributed by atoms with Crippen molar-refractivity contribution in [3.05, 3.63) is 81.8 Å². The van der Waals surface area contributed by atoms with Gasteiger partial charge in [-0.05, 0) is 30.7 Å². The van der Waals surface area contributed by atoms with Gasteiger partial charge in [0.2, 0.25) is 0 Å². The lowest BCUT2D eigenvalue weighted by Crippen LogP contribution is -2.25. The van der Waals surface area contributed by atoms with E-state index >= 15 is 0 Å². The van der Waals surface area contributed by atoms with Crippen LogP contribution in [0.3, 0.4) is 0 Å². The molecule has 0 aliphatic carbocycles. The zero-order valence-corrected chi connectivity index (χ0v) is 14.9. The van der Waals surface area contributed by atoms with Gasteiger partial charge < -0.3 is 10.1 Å². The number of hydrogen-bond donors (Lipinski definition) is 1. The van der Waals surface area contributed by atoms with Gasteiger partial charge in [0.1, 0.15) is 12.4 Å². The van der Waals surface area contributed by atoms with Crippen LogP contribution in [0.5, 0.6) is 5.75 Å². The molecule has 0 aliphatic heterocycles. The molecule has 4 nitrogen and oxygen atoms in total. The highest BCUT2D eigenvalue weighted by molar-refractivity contribution is 7.09. The van der Waals surface area contributed by atoms with E-state index in [1.807, 2.05) is 54.8 Å². The molecule has 3 rings (SSSR count). The fourth-order valence-electron chi connectivity index (χ4n) is 2.40. The van der Waals surface area contributed by atoms with Crippen LogP contribution in [0.4, 0.5) is 0 Å². The maximum Gasteiger partial charge on any atom is 0.251 e.